The minimum Gasteiger partial charge on any atom is -0.312 e. The fourth-order valence-electron chi connectivity index (χ4n) is 2.17. The largest absolute Gasteiger partial charge is 0.312 e. The SMILES string of the molecule is CNC(c1cccs1)C1CCCCN1. The van der Waals surface area contributed by atoms with E-state index in [0.717, 1.165) is 0 Å². The summed E-state index contributed by atoms with van der Waals surface area (Å²) in [4.78, 5) is 1.45. The molecule has 3 heteroatoms. The highest BCUT2D eigenvalue weighted by Crippen LogP contribution is 2.25. The van der Waals surface area contributed by atoms with Gasteiger partial charge in [-0.25, -0.2) is 0 Å². The summed E-state index contributed by atoms with van der Waals surface area (Å²) in [7, 11) is 2.06. The number of hydrogen-bond acceptors (Lipinski definition) is 3. The monoisotopic (exact) mass is 210 g/mol. The molecule has 0 bridgehead atoms. The second-order valence-corrected chi connectivity index (χ2v) is 4.82. The zero-order valence-electron chi connectivity index (χ0n) is 8.62. The Morgan fingerprint density at radius 1 is 1.57 bits per heavy atom. The molecule has 2 N–H and O–H groups in total. The highest BCUT2D eigenvalue weighted by atomic mass is 32.1. The van der Waals surface area contributed by atoms with Gasteiger partial charge < -0.3 is 10.6 Å². The van der Waals surface area contributed by atoms with Crippen molar-refractivity contribution in [3.05, 3.63) is 22.4 Å². The van der Waals surface area contributed by atoms with Gasteiger partial charge in [0.15, 0.2) is 0 Å². The van der Waals surface area contributed by atoms with E-state index in [4.69, 9.17) is 0 Å². The summed E-state index contributed by atoms with van der Waals surface area (Å²) >= 11 is 1.85. The zero-order chi connectivity index (χ0) is 9.80. The van der Waals surface area contributed by atoms with E-state index in [2.05, 4.69) is 35.2 Å². The Morgan fingerprint density at radius 2 is 2.50 bits per heavy atom. The Kier molecular flexibility index (Phi) is 3.56. The summed E-state index contributed by atoms with van der Waals surface area (Å²) in [6, 6.07) is 5.47. The average Bonchev–Trinajstić information content (AvgIpc) is 2.74. The first-order chi connectivity index (χ1) is 6.92. The molecule has 1 aromatic rings. The van der Waals surface area contributed by atoms with E-state index in [0.29, 0.717) is 12.1 Å². The quantitative estimate of drug-likeness (QED) is 0.799. The van der Waals surface area contributed by atoms with Gasteiger partial charge in [0.2, 0.25) is 0 Å². The van der Waals surface area contributed by atoms with Crippen molar-refractivity contribution in [1.29, 1.82) is 0 Å². The van der Waals surface area contributed by atoms with Crippen molar-refractivity contribution in [2.24, 2.45) is 0 Å². The van der Waals surface area contributed by atoms with Gasteiger partial charge in [0, 0.05) is 10.9 Å². The standard InChI is InChI=1S/C11H18N2S/c1-12-11(10-6-4-8-14-10)9-5-2-3-7-13-9/h4,6,8-9,11-13H,2-3,5,7H2,1H3. The van der Waals surface area contributed by atoms with Gasteiger partial charge in [0.1, 0.15) is 0 Å². The number of hydrogen-bond donors (Lipinski definition) is 2. The Labute approximate surface area is 89.7 Å². The highest BCUT2D eigenvalue weighted by Gasteiger charge is 2.23. The van der Waals surface area contributed by atoms with E-state index in [9.17, 15) is 0 Å². The summed E-state index contributed by atoms with van der Waals surface area (Å²) < 4.78 is 0. The lowest BCUT2D eigenvalue weighted by Crippen LogP contribution is -2.43. The number of nitrogens with one attached hydrogen (secondary N) is 2. The van der Waals surface area contributed by atoms with E-state index in [1.165, 1.54) is 30.7 Å². The first kappa shape index (κ1) is 10.1. The molecule has 1 aromatic heterocycles. The van der Waals surface area contributed by atoms with Gasteiger partial charge in [-0.1, -0.05) is 12.5 Å². The van der Waals surface area contributed by atoms with Gasteiger partial charge in [-0.2, -0.15) is 0 Å². The maximum atomic E-state index is 3.60. The van der Waals surface area contributed by atoms with Crippen LogP contribution in [0.15, 0.2) is 17.5 Å². The molecule has 0 aromatic carbocycles. The van der Waals surface area contributed by atoms with Crippen LogP contribution in [-0.4, -0.2) is 19.6 Å². The molecule has 78 valence electrons. The second kappa shape index (κ2) is 4.91. The Bertz CT molecular complexity index is 252. The van der Waals surface area contributed by atoms with Crippen LogP contribution in [0.2, 0.25) is 0 Å². The molecule has 14 heavy (non-hydrogen) atoms. The smallest absolute Gasteiger partial charge is 0.0568 e. The van der Waals surface area contributed by atoms with E-state index in [1.807, 2.05) is 11.3 Å². The predicted molar refractivity (Wildman–Crippen MR) is 61.8 cm³/mol. The van der Waals surface area contributed by atoms with Crippen LogP contribution < -0.4 is 10.6 Å². The molecular formula is C11H18N2S. The summed E-state index contributed by atoms with van der Waals surface area (Å²) in [6.07, 6.45) is 3.99. The summed E-state index contributed by atoms with van der Waals surface area (Å²) in [5.41, 5.74) is 0. The first-order valence-corrected chi connectivity index (χ1v) is 6.24. The minimum atomic E-state index is 0.496. The topological polar surface area (TPSA) is 24.1 Å². The van der Waals surface area contributed by atoms with Gasteiger partial charge >= 0.3 is 0 Å². The first-order valence-electron chi connectivity index (χ1n) is 5.36. The van der Waals surface area contributed by atoms with Crippen molar-refractivity contribution in [3.8, 4) is 0 Å². The molecule has 0 spiro atoms. The molecular weight excluding hydrogens is 192 g/mol. The van der Waals surface area contributed by atoms with Crippen LogP contribution in [0, 0.1) is 0 Å². The highest BCUT2D eigenvalue weighted by molar-refractivity contribution is 7.10. The molecule has 1 fully saturated rings. The van der Waals surface area contributed by atoms with E-state index >= 15 is 0 Å². The third-order valence-electron chi connectivity index (χ3n) is 2.91. The lowest BCUT2D eigenvalue weighted by molar-refractivity contribution is 0.329. The van der Waals surface area contributed by atoms with Crippen molar-refractivity contribution < 1.29 is 0 Å². The van der Waals surface area contributed by atoms with Crippen molar-refractivity contribution in [1.82, 2.24) is 10.6 Å². The second-order valence-electron chi connectivity index (χ2n) is 3.84. The van der Waals surface area contributed by atoms with Crippen molar-refractivity contribution in [3.63, 3.8) is 0 Å². The third kappa shape index (κ3) is 2.16. The Balaban J connectivity index is 2.04. The zero-order valence-corrected chi connectivity index (χ0v) is 9.44. The molecule has 0 radical (unpaired) electrons. The maximum absolute atomic E-state index is 3.60. The molecule has 1 saturated heterocycles. The molecule has 2 rings (SSSR count). The molecule has 2 atom stereocenters. The number of piperidine rings is 1. The van der Waals surface area contributed by atoms with Gasteiger partial charge in [-0.05, 0) is 37.9 Å². The van der Waals surface area contributed by atoms with Crippen molar-refractivity contribution >= 4 is 11.3 Å². The molecule has 1 aliphatic heterocycles. The number of rotatable bonds is 3. The van der Waals surface area contributed by atoms with E-state index < -0.39 is 0 Å². The van der Waals surface area contributed by atoms with Crippen LogP contribution in [-0.2, 0) is 0 Å². The third-order valence-corrected chi connectivity index (χ3v) is 3.87. The van der Waals surface area contributed by atoms with Crippen LogP contribution in [0.25, 0.3) is 0 Å². The van der Waals surface area contributed by atoms with Crippen molar-refractivity contribution in [2.45, 2.75) is 31.3 Å². The normalized spacial score (nSPS) is 24.8. The van der Waals surface area contributed by atoms with Crippen LogP contribution in [0.4, 0.5) is 0 Å². The molecule has 2 nitrogen and oxygen atoms in total. The van der Waals surface area contributed by atoms with Gasteiger partial charge in [0.05, 0.1) is 6.04 Å². The predicted octanol–water partition coefficient (Wildman–Crippen LogP) is 2.15. The lowest BCUT2D eigenvalue weighted by atomic mass is 9.97. The average molecular weight is 210 g/mol. The summed E-state index contributed by atoms with van der Waals surface area (Å²) in [5.74, 6) is 0. The van der Waals surface area contributed by atoms with Gasteiger partial charge in [-0.3, -0.25) is 0 Å². The number of thiophene rings is 1. The fourth-order valence-corrected chi connectivity index (χ4v) is 3.07. The lowest BCUT2D eigenvalue weighted by Gasteiger charge is -2.30. The van der Waals surface area contributed by atoms with Crippen LogP contribution in [0.1, 0.15) is 30.2 Å². The summed E-state index contributed by atoms with van der Waals surface area (Å²) in [6.45, 7) is 1.17. The number of likely N-dealkylation sites (N-methyl/N-ethyl adjacent to an activating group) is 1. The van der Waals surface area contributed by atoms with Crippen LogP contribution in [0.5, 0.6) is 0 Å². The molecule has 2 heterocycles. The van der Waals surface area contributed by atoms with Crippen LogP contribution in [0.3, 0.4) is 0 Å². The minimum absolute atomic E-state index is 0.496. The van der Waals surface area contributed by atoms with Crippen molar-refractivity contribution in [2.75, 3.05) is 13.6 Å². The molecule has 1 aliphatic rings. The molecule has 0 saturated carbocycles. The van der Waals surface area contributed by atoms with Crippen LogP contribution >= 0.6 is 11.3 Å². The Morgan fingerprint density at radius 3 is 3.07 bits per heavy atom. The maximum Gasteiger partial charge on any atom is 0.0568 e. The summed E-state index contributed by atoms with van der Waals surface area (Å²) in [5, 5.41) is 9.18. The van der Waals surface area contributed by atoms with Gasteiger partial charge in [0.25, 0.3) is 0 Å². The van der Waals surface area contributed by atoms with E-state index in [-0.39, 0.29) is 0 Å². The molecule has 0 amide bonds. The fraction of sp³-hybridized carbons (Fsp3) is 0.636. The Hall–Kier alpha value is -0.380. The van der Waals surface area contributed by atoms with E-state index in [1.54, 1.807) is 0 Å². The molecule has 2 unspecified atom stereocenters. The molecule has 0 aliphatic carbocycles. The van der Waals surface area contributed by atoms with Gasteiger partial charge in [-0.15, -0.1) is 11.3 Å².